The Morgan fingerprint density at radius 3 is 2.58 bits per heavy atom. The van der Waals surface area contributed by atoms with Crippen molar-refractivity contribution in [2.24, 2.45) is 5.14 Å². The van der Waals surface area contributed by atoms with Crippen molar-refractivity contribution < 1.29 is 22.7 Å². The number of ether oxygens (including phenoxy) is 1. The van der Waals surface area contributed by atoms with E-state index in [9.17, 15) is 18.0 Å². The van der Waals surface area contributed by atoms with Crippen molar-refractivity contribution in [3.8, 4) is 0 Å². The van der Waals surface area contributed by atoms with Gasteiger partial charge in [-0.05, 0) is 63.6 Å². The van der Waals surface area contributed by atoms with Crippen LogP contribution in [0.4, 0.5) is 16.4 Å². The van der Waals surface area contributed by atoms with E-state index in [-0.39, 0.29) is 16.8 Å². The lowest BCUT2D eigenvalue weighted by Crippen LogP contribution is -2.34. The predicted octanol–water partition coefficient (Wildman–Crippen LogP) is 3.88. The fourth-order valence-electron chi connectivity index (χ4n) is 3.54. The van der Waals surface area contributed by atoms with Gasteiger partial charge in [0.25, 0.3) is 5.91 Å². The number of carbonyl (C=O) groups is 2. The highest BCUT2D eigenvalue weighted by atomic mass is 32.2. The second kappa shape index (κ2) is 10.9. The number of hydrogen-bond donors (Lipinski definition) is 4. The molecule has 0 atom stereocenters. The molecule has 2 aromatic carbocycles. The van der Waals surface area contributed by atoms with Gasteiger partial charge in [-0.1, -0.05) is 6.07 Å². The summed E-state index contributed by atoms with van der Waals surface area (Å²) in [5, 5.41) is 15.3. The van der Waals surface area contributed by atoms with Crippen LogP contribution in [-0.4, -0.2) is 49.1 Å². The lowest BCUT2D eigenvalue weighted by Gasteiger charge is -2.19. The number of amides is 2. The van der Waals surface area contributed by atoms with Gasteiger partial charge in [0.05, 0.1) is 15.3 Å². The summed E-state index contributed by atoms with van der Waals surface area (Å²) in [6.45, 7) is 6.14. The Bertz CT molecular complexity index is 1610. The van der Waals surface area contributed by atoms with E-state index >= 15 is 0 Å². The first-order valence-corrected chi connectivity index (χ1v) is 14.1. The number of sulfonamides is 1. The largest absolute Gasteiger partial charge is 0.444 e. The monoisotopic (exact) mass is 556 g/mol. The smallest absolute Gasteiger partial charge is 0.407 e. The molecule has 11 nitrogen and oxygen atoms in total. The van der Waals surface area contributed by atoms with Crippen LogP contribution in [0.1, 0.15) is 36.9 Å². The average Bonchev–Trinajstić information content (AvgIpc) is 3.27. The third-order valence-electron chi connectivity index (χ3n) is 5.20. The maximum atomic E-state index is 12.7. The Labute approximate surface area is 223 Å². The Morgan fingerprint density at radius 1 is 1.08 bits per heavy atom. The van der Waals surface area contributed by atoms with Crippen LogP contribution in [0.15, 0.2) is 53.6 Å². The second-order valence-corrected chi connectivity index (χ2v) is 12.1. The summed E-state index contributed by atoms with van der Waals surface area (Å²) < 4.78 is 29.4. The number of hydrogen-bond acceptors (Lipinski definition) is 9. The topological polar surface area (TPSA) is 165 Å². The molecule has 0 spiro atoms. The van der Waals surface area contributed by atoms with Crippen molar-refractivity contribution in [1.82, 2.24) is 20.6 Å². The van der Waals surface area contributed by atoms with Gasteiger partial charge in [0.1, 0.15) is 5.60 Å². The Morgan fingerprint density at radius 2 is 1.84 bits per heavy atom. The molecular weight excluding hydrogens is 528 g/mol. The number of nitrogens with one attached hydrogen (secondary N) is 3. The lowest BCUT2D eigenvalue weighted by atomic mass is 10.2. The molecule has 2 aromatic heterocycles. The molecule has 38 heavy (non-hydrogen) atoms. The standard InChI is InChI=1S/C25H28N6O5S2/c1-25(2,3)36-24(33)28-11-5-10-27-22(32)20-13-18-19(37-20)9-8-15-14-29-23(31-21(15)18)30-16-6-4-7-17(12-16)38(26,34)35/h4,6-9,12-14H,5,10-11H2,1-3H3,(H,27,32)(H,28,33)(H2,26,34,35)(H,29,30,31). The number of benzene rings is 2. The van der Waals surface area contributed by atoms with Gasteiger partial charge in [0.2, 0.25) is 16.0 Å². The average molecular weight is 557 g/mol. The molecule has 0 fully saturated rings. The van der Waals surface area contributed by atoms with Crippen LogP contribution >= 0.6 is 11.3 Å². The number of alkyl carbamates (subject to hydrolysis) is 1. The molecule has 0 aliphatic carbocycles. The number of thiophene rings is 1. The number of primary sulfonamides is 1. The second-order valence-electron chi connectivity index (χ2n) is 9.46. The maximum Gasteiger partial charge on any atom is 0.407 e. The van der Waals surface area contributed by atoms with Crippen molar-refractivity contribution in [3.05, 3.63) is 53.5 Å². The molecular formula is C25H28N6O5S2. The maximum absolute atomic E-state index is 12.7. The zero-order chi connectivity index (χ0) is 27.5. The molecule has 0 bridgehead atoms. The van der Waals surface area contributed by atoms with Gasteiger partial charge < -0.3 is 20.7 Å². The number of nitrogens with two attached hydrogens (primary N) is 1. The van der Waals surface area contributed by atoms with Gasteiger partial charge >= 0.3 is 6.09 Å². The van der Waals surface area contributed by atoms with Gasteiger partial charge in [-0.15, -0.1) is 11.3 Å². The number of carbonyl (C=O) groups excluding carboxylic acids is 2. The van der Waals surface area contributed by atoms with E-state index in [4.69, 9.17) is 9.88 Å². The molecule has 2 heterocycles. The minimum absolute atomic E-state index is 0.0280. The summed E-state index contributed by atoms with van der Waals surface area (Å²) in [7, 11) is -3.85. The van der Waals surface area contributed by atoms with Gasteiger partial charge in [0.15, 0.2) is 0 Å². The van der Waals surface area contributed by atoms with Gasteiger partial charge in [0, 0.05) is 40.4 Å². The first-order chi connectivity index (χ1) is 17.9. The quantitative estimate of drug-likeness (QED) is 0.237. The fraction of sp³-hybridized carbons (Fsp3) is 0.280. The first kappa shape index (κ1) is 27.2. The highest BCUT2D eigenvalue weighted by Gasteiger charge is 2.16. The zero-order valence-corrected chi connectivity index (χ0v) is 22.7. The van der Waals surface area contributed by atoms with Crippen molar-refractivity contribution in [3.63, 3.8) is 0 Å². The van der Waals surface area contributed by atoms with Crippen LogP contribution in [0.25, 0.3) is 21.0 Å². The van der Waals surface area contributed by atoms with Crippen LogP contribution in [0.5, 0.6) is 0 Å². The molecule has 4 aromatic rings. The molecule has 0 saturated heterocycles. The summed E-state index contributed by atoms with van der Waals surface area (Å²) >= 11 is 1.35. The third-order valence-corrected chi connectivity index (χ3v) is 7.21. The first-order valence-electron chi connectivity index (χ1n) is 11.7. The fourth-order valence-corrected chi connectivity index (χ4v) is 5.08. The van der Waals surface area contributed by atoms with E-state index < -0.39 is 21.7 Å². The van der Waals surface area contributed by atoms with Crippen LogP contribution in [0, 0.1) is 0 Å². The molecule has 0 aliphatic rings. The van der Waals surface area contributed by atoms with Crippen molar-refractivity contribution in [2.75, 3.05) is 18.4 Å². The molecule has 5 N–H and O–H groups in total. The van der Waals surface area contributed by atoms with Gasteiger partial charge in [-0.25, -0.2) is 28.3 Å². The third kappa shape index (κ3) is 6.94. The number of nitrogens with zero attached hydrogens (tertiary/aromatic N) is 2. The van der Waals surface area contributed by atoms with Crippen LogP contribution in [0.3, 0.4) is 0 Å². The van der Waals surface area contributed by atoms with Crippen LogP contribution < -0.4 is 21.1 Å². The SMILES string of the molecule is CC(C)(C)OC(=O)NCCCNC(=O)c1cc2c(ccc3cnc(Nc4cccc(S(N)(=O)=O)c4)nc32)s1. The van der Waals surface area contributed by atoms with E-state index in [0.717, 1.165) is 15.5 Å². The molecule has 13 heteroatoms. The normalized spacial score (nSPS) is 11.9. The number of anilines is 2. The summed E-state index contributed by atoms with van der Waals surface area (Å²) in [4.78, 5) is 33.9. The molecule has 2 amide bonds. The summed E-state index contributed by atoms with van der Waals surface area (Å²) in [5.74, 6) is 0.0510. The molecule has 0 saturated carbocycles. The Hall–Kier alpha value is -3.81. The van der Waals surface area contributed by atoms with E-state index in [1.807, 2.05) is 12.1 Å². The van der Waals surface area contributed by atoms with Crippen molar-refractivity contribution >= 4 is 66.0 Å². The summed E-state index contributed by atoms with van der Waals surface area (Å²) in [6.07, 6.45) is 1.71. The number of aromatic nitrogens is 2. The molecule has 0 radical (unpaired) electrons. The zero-order valence-electron chi connectivity index (χ0n) is 21.1. The molecule has 4 rings (SSSR count). The molecule has 200 valence electrons. The van der Waals surface area contributed by atoms with Crippen LogP contribution in [0.2, 0.25) is 0 Å². The van der Waals surface area contributed by atoms with E-state index in [0.29, 0.717) is 35.6 Å². The van der Waals surface area contributed by atoms with Crippen LogP contribution in [-0.2, 0) is 14.8 Å². The Kier molecular flexibility index (Phi) is 7.81. The minimum atomic E-state index is -3.85. The summed E-state index contributed by atoms with van der Waals surface area (Å²) in [6, 6.07) is 11.6. The van der Waals surface area contributed by atoms with E-state index in [1.54, 1.807) is 45.2 Å². The van der Waals surface area contributed by atoms with Crippen molar-refractivity contribution in [2.45, 2.75) is 37.7 Å². The molecule has 0 unspecified atom stereocenters. The van der Waals surface area contributed by atoms with E-state index in [1.165, 1.54) is 23.5 Å². The molecule has 0 aliphatic heterocycles. The van der Waals surface area contributed by atoms with E-state index in [2.05, 4.69) is 25.9 Å². The highest BCUT2D eigenvalue weighted by Crippen LogP contribution is 2.32. The Balaban J connectivity index is 1.44. The van der Waals surface area contributed by atoms with Gasteiger partial charge in [-0.2, -0.15) is 0 Å². The number of fused-ring (bicyclic) bond motifs is 3. The lowest BCUT2D eigenvalue weighted by molar-refractivity contribution is 0.0527. The summed E-state index contributed by atoms with van der Waals surface area (Å²) in [5.41, 5.74) is 0.554. The predicted molar refractivity (Wildman–Crippen MR) is 147 cm³/mol. The van der Waals surface area contributed by atoms with Crippen molar-refractivity contribution in [1.29, 1.82) is 0 Å². The van der Waals surface area contributed by atoms with Gasteiger partial charge in [-0.3, -0.25) is 4.79 Å². The minimum Gasteiger partial charge on any atom is -0.444 e. The highest BCUT2D eigenvalue weighted by molar-refractivity contribution is 7.89. The number of rotatable bonds is 8.